The molecule has 1 heterocycles. The third-order valence-electron chi connectivity index (χ3n) is 3.46. The Labute approximate surface area is 132 Å². The summed E-state index contributed by atoms with van der Waals surface area (Å²) in [5.41, 5.74) is 5.18. The van der Waals surface area contributed by atoms with Crippen molar-refractivity contribution >= 4 is 34.8 Å². The van der Waals surface area contributed by atoms with Gasteiger partial charge in [0, 0.05) is 16.5 Å². The zero-order valence-electron chi connectivity index (χ0n) is 11.0. The largest absolute Gasteiger partial charge is 0.272 e. The van der Waals surface area contributed by atoms with E-state index in [9.17, 15) is 4.79 Å². The van der Waals surface area contributed by atoms with Gasteiger partial charge in [0.25, 0.3) is 0 Å². The van der Waals surface area contributed by atoms with Gasteiger partial charge in [0.1, 0.15) is 0 Å². The van der Waals surface area contributed by atoms with E-state index in [0.29, 0.717) is 16.5 Å². The molecule has 1 aliphatic heterocycles. The van der Waals surface area contributed by atoms with Gasteiger partial charge in [0.05, 0.1) is 11.6 Å². The lowest BCUT2D eigenvalue weighted by molar-refractivity contribution is -0.122. The Balaban J connectivity index is 1.94. The fourth-order valence-electron chi connectivity index (χ4n) is 2.38. The number of carbonyl (C=O) groups is 1. The number of nitrogens with one attached hydrogen (secondary N) is 1. The van der Waals surface area contributed by atoms with Gasteiger partial charge in [-0.3, -0.25) is 4.79 Å². The lowest BCUT2D eigenvalue weighted by Gasteiger charge is -2.22. The second-order valence-corrected chi connectivity index (χ2v) is 5.67. The average Bonchev–Trinajstić information content (AvgIpc) is 2.49. The highest BCUT2D eigenvalue weighted by molar-refractivity contribution is 6.35. The molecule has 0 bridgehead atoms. The standard InChI is InChI=1S/C16H12Cl2N2O/c17-11-6-7-12(14(18)8-11)13-9-15(19-20-16(13)21)10-4-2-1-3-5-10/h1-8,13H,9H2,(H,20,21)/t13-/m1/s1. The molecule has 1 aliphatic rings. The normalized spacial score (nSPS) is 18.1. The molecule has 1 atom stereocenters. The van der Waals surface area contributed by atoms with Crippen molar-refractivity contribution in [3.8, 4) is 0 Å². The fraction of sp³-hybridized carbons (Fsp3) is 0.125. The van der Waals surface area contributed by atoms with E-state index in [-0.39, 0.29) is 11.8 Å². The number of halogens is 2. The maximum atomic E-state index is 12.1. The topological polar surface area (TPSA) is 41.5 Å². The van der Waals surface area contributed by atoms with Crippen molar-refractivity contribution in [2.45, 2.75) is 12.3 Å². The number of hydrazone groups is 1. The molecule has 0 saturated carbocycles. The lowest BCUT2D eigenvalue weighted by atomic mass is 9.89. The molecule has 0 saturated heterocycles. The second kappa shape index (κ2) is 5.88. The van der Waals surface area contributed by atoms with E-state index in [1.807, 2.05) is 30.3 Å². The number of amides is 1. The van der Waals surface area contributed by atoms with E-state index < -0.39 is 0 Å². The quantitative estimate of drug-likeness (QED) is 0.893. The van der Waals surface area contributed by atoms with E-state index in [4.69, 9.17) is 23.2 Å². The lowest BCUT2D eigenvalue weighted by Crippen LogP contribution is -2.33. The summed E-state index contributed by atoms with van der Waals surface area (Å²) in [6.45, 7) is 0. The van der Waals surface area contributed by atoms with E-state index >= 15 is 0 Å². The summed E-state index contributed by atoms with van der Waals surface area (Å²) in [5.74, 6) is -0.513. The van der Waals surface area contributed by atoms with Crippen molar-refractivity contribution in [2.75, 3.05) is 0 Å². The van der Waals surface area contributed by atoms with Crippen LogP contribution in [0.2, 0.25) is 10.0 Å². The first kappa shape index (κ1) is 14.1. The van der Waals surface area contributed by atoms with E-state index in [1.165, 1.54) is 0 Å². The average molecular weight is 319 g/mol. The summed E-state index contributed by atoms with van der Waals surface area (Å²) in [7, 11) is 0. The highest BCUT2D eigenvalue weighted by Crippen LogP contribution is 2.32. The van der Waals surface area contributed by atoms with Gasteiger partial charge in [0.15, 0.2) is 0 Å². The van der Waals surface area contributed by atoms with Gasteiger partial charge in [-0.2, -0.15) is 5.10 Å². The van der Waals surface area contributed by atoms with Crippen molar-refractivity contribution in [1.82, 2.24) is 5.43 Å². The van der Waals surface area contributed by atoms with Crippen LogP contribution in [0.5, 0.6) is 0 Å². The molecule has 0 aromatic heterocycles. The van der Waals surface area contributed by atoms with Crippen LogP contribution >= 0.6 is 23.2 Å². The Morgan fingerprint density at radius 1 is 1.10 bits per heavy atom. The SMILES string of the molecule is O=C1NN=C(c2ccccc2)C[C@@H]1c1ccc(Cl)cc1Cl. The van der Waals surface area contributed by atoms with E-state index in [0.717, 1.165) is 16.8 Å². The van der Waals surface area contributed by atoms with Gasteiger partial charge in [-0.1, -0.05) is 59.6 Å². The van der Waals surface area contributed by atoms with E-state index in [2.05, 4.69) is 10.5 Å². The molecule has 2 aromatic carbocycles. The Morgan fingerprint density at radius 3 is 2.57 bits per heavy atom. The van der Waals surface area contributed by atoms with Crippen molar-refractivity contribution < 1.29 is 4.79 Å². The summed E-state index contributed by atoms with van der Waals surface area (Å²) < 4.78 is 0. The smallest absolute Gasteiger partial charge is 0.248 e. The first-order valence-corrected chi connectivity index (χ1v) is 7.27. The molecule has 1 amide bonds. The van der Waals surface area contributed by atoms with Gasteiger partial charge in [-0.15, -0.1) is 0 Å². The molecular formula is C16H12Cl2N2O. The number of hydrogen-bond acceptors (Lipinski definition) is 2. The Hall–Kier alpha value is -1.84. The highest BCUT2D eigenvalue weighted by atomic mass is 35.5. The van der Waals surface area contributed by atoms with E-state index in [1.54, 1.807) is 18.2 Å². The molecule has 3 nitrogen and oxygen atoms in total. The molecule has 3 rings (SSSR count). The summed E-state index contributed by atoms with van der Waals surface area (Å²) >= 11 is 12.1. The zero-order valence-corrected chi connectivity index (χ0v) is 12.5. The fourth-order valence-corrected chi connectivity index (χ4v) is 2.92. The van der Waals surface area contributed by atoms with Crippen molar-refractivity contribution in [2.24, 2.45) is 5.10 Å². The molecule has 0 fully saturated rings. The highest BCUT2D eigenvalue weighted by Gasteiger charge is 2.28. The van der Waals surface area contributed by atoms with Crippen LogP contribution in [0, 0.1) is 0 Å². The second-order valence-electron chi connectivity index (χ2n) is 4.82. The molecule has 0 spiro atoms. The number of hydrogen-bond donors (Lipinski definition) is 1. The minimum Gasteiger partial charge on any atom is -0.272 e. The number of benzene rings is 2. The number of rotatable bonds is 2. The molecule has 0 radical (unpaired) electrons. The molecule has 21 heavy (non-hydrogen) atoms. The van der Waals surface area contributed by atoms with Gasteiger partial charge < -0.3 is 0 Å². The Bertz CT molecular complexity index is 713. The van der Waals surface area contributed by atoms with Crippen LogP contribution in [0.3, 0.4) is 0 Å². The van der Waals surface area contributed by atoms with Crippen LogP contribution in [0.1, 0.15) is 23.5 Å². The number of carbonyl (C=O) groups excluding carboxylic acids is 1. The van der Waals surface area contributed by atoms with Gasteiger partial charge >= 0.3 is 0 Å². The monoisotopic (exact) mass is 318 g/mol. The van der Waals surface area contributed by atoms with Crippen molar-refractivity contribution in [3.63, 3.8) is 0 Å². The maximum Gasteiger partial charge on any atom is 0.248 e. The minimum absolute atomic E-state index is 0.154. The van der Waals surface area contributed by atoms with Gasteiger partial charge in [0.2, 0.25) is 5.91 Å². The molecule has 0 aliphatic carbocycles. The predicted molar refractivity (Wildman–Crippen MR) is 84.9 cm³/mol. The zero-order chi connectivity index (χ0) is 14.8. The first-order chi connectivity index (χ1) is 10.1. The molecule has 2 aromatic rings. The Kier molecular flexibility index (Phi) is 3.95. The Morgan fingerprint density at radius 2 is 1.86 bits per heavy atom. The van der Waals surface area contributed by atoms with Crippen LogP contribution in [0.4, 0.5) is 0 Å². The van der Waals surface area contributed by atoms with Crippen molar-refractivity contribution in [3.05, 3.63) is 69.7 Å². The summed E-state index contributed by atoms with van der Waals surface area (Å²) in [6.07, 6.45) is 0.511. The molecule has 1 N–H and O–H groups in total. The molecule has 0 unspecified atom stereocenters. The van der Waals surface area contributed by atoms with Crippen LogP contribution in [0.15, 0.2) is 53.6 Å². The number of nitrogens with zero attached hydrogens (tertiary/aromatic N) is 1. The molecule has 5 heteroatoms. The van der Waals surface area contributed by atoms with Gasteiger partial charge in [-0.25, -0.2) is 5.43 Å². The molecular weight excluding hydrogens is 307 g/mol. The van der Waals surface area contributed by atoms with Crippen LogP contribution in [-0.2, 0) is 4.79 Å². The van der Waals surface area contributed by atoms with Gasteiger partial charge in [-0.05, 0) is 23.3 Å². The van der Waals surface area contributed by atoms with Crippen LogP contribution < -0.4 is 5.43 Å². The summed E-state index contributed by atoms with van der Waals surface area (Å²) in [4.78, 5) is 12.1. The maximum absolute atomic E-state index is 12.1. The predicted octanol–water partition coefficient (Wildman–Crippen LogP) is 4.00. The third kappa shape index (κ3) is 2.94. The van der Waals surface area contributed by atoms with Crippen LogP contribution in [-0.4, -0.2) is 11.6 Å². The first-order valence-electron chi connectivity index (χ1n) is 6.52. The minimum atomic E-state index is -0.359. The summed E-state index contributed by atoms with van der Waals surface area (Å²) in [5, 5.41) is 5.20. The summed E-state index contributed by atoms with van der Waals surface area (Å²) in [6, 6.07) is 15.0. The van der Waals surface area contributed by atoms with Crippen molar-refractivity contribution in [1.29, 1.82) is 0 Å². The third-order valence-corrected chi connectivity index (χ3v) is 4.02. The molecule has 106 valence electrons. The van der Waals surface area contributed by atoms with Crippen LogP contribution in [0.25, 0.3) is 0 Å².